The number of hydrogen-bond acceptors (Lipinski definition) is 4. The first kappa shape index (κ1) is 13.4. The summed E-state index contributed by atoms with van der Waals surface area (Å²) in [6, 6.07) is -0.501. The monoisotopic (exact) mass is 204 g/mol. The maximum Gasteiger partial charge on any atom is 0.236 e. The third-order valence-corrected chi connectivity index (χ3v) is 1.56. The Hall–Kier alpha value is -0.650. The molecule has 0 heterocycles. The van der Waals surface area contributed by atoms with Crippen LogP contribution in [-0.4, -0.2) is 38.0 Å². The summed E-state index contributed by atoms with van der Waals surface area (Å²) in [5.74, 6) is -0.200. The Balaban J connectivity index is 3.74. The lowest BCUT2D eigenvalue weighted by atomic mass is 10.3. The van der Waals surface area contributed by atoms with E-state index in [2.05, 4.69) is 5.32 Å². The molecule has 14 heavy (non-hydrogen) atoms. The minimum Gasteiger partial charge on any atom is -0.351 e. The maximum absolute atomic E-state index is 11.1. The number of hydrogen-bond donors (Lipinski definition) is 2. The summed E-state index contributed by atoms with van der Waals surface area (Å²) in [5, 5.41) is 2.64. The van der Waals surface area contributed by atoms with Crippen molar-refractivity contribution >= 4 is 5.91 Å². The third-order valence-electron chi connectivity index (χ3n) is 1.56. The van der Waals surface area contributed by atoms with Crippen molar-refractivity contribution in [2.75, 3.05) is 19.8 Å². The lowest BCUT2D eigenvalue weighted by Crippen LogP contribution is -2.43. The Bertz CT molecular complexity index is 156. The van der Waals surface area contributed by atoms with Gasteiger partial charge in [0.05, 0.1) is 12.6 Å². The summed E-state index contributed by atoms with van der Waals surface area (Å²) in [5.41, 5.74) is 5.38. The SMILES string of the molecule is CCOC(CNC(=O)[C@H](C)N)OCC. The van der Waals surface area contributed by atoms with E-state index in [-0.39, 0.29) is 12.2 Å². The van der Waals surface area contributed by atoms with Gasteiger partial charge in [-0.3, -0.25) is 4.79 Å². The molecule has 0 aromatic carbocycles. The summed E-state index contributed by atoms with van der Waals surface area (Å²) < 4.78 is 10.5. The Kier molecular flexibility index (Phi) is 7.37. The van der Waals surface area contributed by atoms with E-state index < -0.39 is 6.04 Å². The average Bonchev–Trinajstić information content (AvgIpc) is 2.14. The van der Waals surface area contributed by atoms with E-state index in [0.29, 0.717) is 19.8 Å². The Morgan fingerprint density at radius 3 is 2.21 bits per heavy atom. The van der Waals surface area contributed by atoms with Gasteiger partial charge in [0.2, 0.25) is 5.91 Å². The van der Waals surface area contributed by atoms with Crippen molar-refractivity contribution in [3.63, 3.8) is 0 Å². The van der Waals surface area contributed by atoms with Gasteiger partial charge < -0.3 is 20.5 Å². The van der Waals surface area contributed by atoms with E-state index in [9.17, 15) is 4.79 Å². The van der Waals surface area contributed by atoms with Gasteiger partial charge in [-0.1, -0.05) is 0 Å². The Morgan fingerprint density at radius 1 is 1.36 bits per heavy atom. The highest BCUT2D eigenvalue weighted by molar-refractivity contribution is 5.80. The second-order valence-corrected chi connectivity index (χ2v) is 2.87. The molecule has 3 N–H and O–H groups in total. The second kappa shape index (κ2) is 7.73. The first-order valence-corrected chi connectivity index (χ1v) is 4.88. The predicted molar refractivity (Wildman–Crippen MR) is 53.7 cm³/mol. The van der Waals surface area contributed by atoms with Gasteiger partial charge >= 0.3 is 0 Å². The highest BCUT2D eigenvalue weighted by atomic mass is 16.7. The molecule has 0 unspecified atom stereocenters. The first-order valence-electron chi connectivity index (χ1n) is 4.88. The number of rotatable bonds is 7. The quantitative estimate of drug-likeness (QED) is 0.566. The molecule has 5 nitrogen and oxygen atoms in total. The molecule has 0 aliphatic carbocycles. The molecule has 0 rings (SSSR count). The predicted octanol–water partition coefficient (Wildman–Crippen LogP) is -0.151. The van der Waals surface area contributed by atoms with Gasteiger partial charge in [0.1, 0.15) is 0 Å². The van der Waals surface area contributed by atoms with E-state index in [1.807, 2.05) is 13.8 Å². The van der Waals surface area contributed by atoms with Gasteiger partial charge in [-0.05, 0) is 20.8 Å². The molecule has 0 saturated heterocycles. The molecule has 0 aliphatic heterocycles. The van der Waals surface area contributed by atoms with Gasteiger partial charge in [-0.25, -0.2) is 0 Å². The molecule has 0 saturated carbocycles. The van der Waals surface area contributed by atoms with Crippen molar-refractivity contribution in [2.24, 2.45) is 5.73 Å². The van der Waals surface area contributed by atoms with E-state index in [1.54, 1.807) is 6.92 Å². The van der Waals surface area contributed by atoms with Crippen LogP contribution in [0.3, 0.4) is 0 Å². The summed E-state index contributed by atoms with van der Waals surface area (Å²) in [4.78, 5) is 11.1. The first-order chi connectivity index (χ1) is 6.61. The van der Waals surface area contributed by atoms with Gasteiger partial charge in [-0.2, -0.15) is 0 Å². The summed E-state index contributed by atoms with van der Waals surface area (Å²) in [7, 11) is 0. The molecule has 0 radical (unpaired) electrons. The molecule has 0 aliphatic rings. The molecule has 0 aromatic heterocycles. The smallest absolute Gasteiger partial charge is 0.236 e. The van der Waals surface area contributed by atoms with Crippen LogP contribution in [0.5, 0.6) is 0 Å². The van der Waals surface area contributed by atoms with Crippen molar-refractivity contribution in [1.29, 1.82) is 0 Å². The highest BCUT2D eigenvalue weighted by Crippen LogP contribution is 1.93. The van der Waals surface area contributed by atoms with Crippen LogP contribution in [0.15, 0.2) is 0 Å². The van der Waals surface area contributed by atoms with Crippen LogP contribution < -0.4 is 11.1 Å². The van der Waals surface area contributed by atoms with Gasteiger partial charge in [0, 0.05) is 13.2 Å². The molecule has 0 bridgehead atoms. The van der Waals surface area contributed by atoms with E-state index in [1.165, 1.54) is 0 Å². The van der Waals surface area contributed by atoms with Crippen molar-refractivity contribution in [3.05, 3.63) is 0 Å². The highest BCUT2D eigenvalue weighted by Gasteiger charge is 2.11. The zero-order valence-corrected chi connectivity index (χ0v) is 9.08. The van der Waals surface area contributed by atoms with E-state index >= 15 is 0 Å². The summed E-state index contributed by atoms with van der Waals surface area (Å²) >= 11 is 0. The Morgan fingerprint density at radius 2 is 1.86 bits per heavy atom. The number of amides is 1. The van der Waals surface area contributed by atoms with Crippen LogP contribution in [-0.2, 0) is 14.3 Å². The zero-order chi connectivity index (χ0) is 11.0. The average molecular weight is 204 g/mol. The summed E-state index contributed by atoms with van der Waals surface area (Å²) in [6.07, 6.45) is -0.382. The van der Waals surface area contributed by atoms with Gasteiger partial charge in [0.15, 0.2) is 6.29 Å². The molecule has 84 valence electrons. The number of nitrogens with two attached hydrogens (primary N) is 1. The Labute approximate surface area is 84.9 Å². The minimum absolute atomic E-state index is 0.200. The van der Waals surface area contributed by atoms with Crippen LogP contribution in [0.1, 0.15) is 20.8 Å². The zero-order valence-electron chi connectivity index (χ0n) is 9.08. The standard InChI is InChI=1S/C9H20N2O3/c1-4-13-8(14-5-2)6-11-9(12)7(3)10/h7-8H,4-6,10H2,1-3H3,(H,11,12)/t7-/m0/s1. The molecule has 1 atom stereocenters. The maximum atomic E-state index is 11.1. The number of nitrogens with one attached hydrogen (secondary N) is 1. The molecule has 1 amide bonds. The van der Waals surface area contributed by atoms with Crippen LogP contribution in [0.25, 0.3) is 0 Å². The molecule has 0 aromatic rings. The lowest BCUT2D eigenvalue weighted by Gasteiger charge is -2.17. The number of carbonyl (C=O) groups is 1. The van der Waals surface area contributed by atoms with Crippen molar-refractivity contribution in [1.82, 2.24) is 5.32 Å². The number of ether oxygens (including phenoxy) is 2. The van der Waals surface area contributed by atoms with Crippen molar-refractivity contribution < 1.29 is 14.3 Å². The van der Waals surface area contributed by atoms with Crippen LogP contribution in [0.4, 0.5) is 0 Å². The minimum atomic E-state index is -0.501. The third kappa shape index (κ3) is 5.90. The topological polar surface area (TPSA) is 73.6 Å². The van der Waals surface area contributed by atoms with E-state index in [4.69, 9.17) is 15.2 Å². The molecular formula is C9H20N2O3. The van der Waals surface area contributed by atoms with E-state index in [0.717, 1.165) is 0 Å². The van der Waals surface area contributed by atoms with Crippen LogP contribution in [0.2, 0.25) is 0 Å². The summed E-state index contributed by atoms with van der Waals surface area (Å²) in [6.45, 7) is 6.82. The normalized spacial score (nSPS) is 12.9. The number of carbonyl (C=O) groups excluding carboxylic acids is 1. The molecule has 0 spiro atoms. The van der Waals surface area contributed by atoms with Crippen molar-refractivity contribution in [2.45, 2.75) is 33.1 Å². The fourth-order valence-corrected chi connectivity index (χ4v) is 0.883. The lowest BCUT2D eigenvalue weighted by molar-refractivity contribution is -0.140. The second-order valence-electron chi connectivity index (χ2n) is 2.87. The fraction of sp³-hybridized carbons (Fsp3) is 0.889. The molecule has 5 heteroatoms. The largest absolute Gasteiger partial charge is 0.351 e. The molecule has 0 fully saturated rings. The van der Waals surface area contributed by atoms with Gasteiger partial charge in [-0.15, -0.1) is 0 Å². The van der Waals surface area contributed by atoms with Gasteiger partial charge in [0.25, 0.3) is 0 Å². The van der Waals surface area contributed by atoms with Crippen molar-refractivity contribution in [3.8, 4) is 0 Å². The fourth-order valence-electron chi connectivity index (χ4n) is 0.883. The van der Waals surface area contributed by atoms with Crippen LogP contribution >= 0.6 is 0 Å². The molecular weight excluding hydrogens is 184 g/mol. The van der Waals surface area contributed by atoms with Crippen LogP contribution in [0, 0.1) is 0 Å².